The minimum atomic E-state index is -0.766. The van der Waals surface area contributed by atoms with Gasteiger partial charge in [0.15, 0.2) is 12.4 Å². The standard InChI is InChI=1S/C20H18Cl2N2O5/c1-3-27-9-13-12-6-4-5-7-16(12)29-18(13)20(26)28-10-17(25)24-19-15(22)8-14(21)11(2)23-19/h4-8H,3,9-10H2,1-2H3,(H,23,24,25). The summed E-state index contributed by atoms with van der Waals surface area (Å²) in [4.78, 5) is 28.8. The number of halogens is 2. The first-order valence-corrected chi connectivity index (χ1v) is 9.54. The van der Waals surface area contributed by atoms with Gasteiger partial charge in [0.25, 0.3) is 5.91 Å². The van der Waals surface area contributed by atoms with Crippen molar-refractivity contribution < 1.29 is 23.5 Å². The third-order valence-electron chi connectivity index (χ3n) is 4.03. The van der Waals surface area contributed by atoms with E-state index in [0.29, 0.717) is 28.5 Å². The predicted octanol–water partition coefficient (Wildman–Crippen LogP) is 4.78. The summed E-state index contributed by atoms with van der Waals surface area (Å²) < 4.78 is 16.2. The third-order valence-corrected chi connectivity index (χ3v) is 4.70. The molecule has 0 aliphatic heterocycles. The highest BCUT2D eigenvalue weighted by molar-refractivity contribution is 6.36. The molecule has 0 aliphatic carbocycles. The second kappa shape index (κ2) is 9.26. The van der Waals surface area contributed by atoms with Crippen LogP contribution >= 0.6 is 23.2 Å². The Morgan fingerprint density at radius 3 is 2.72 bits per heavy atom. The SMILES string of the molecule is CCOCc1c(C(=O)OCC(=O)Nc2nc(C)c(Cl)cc2Cl)oc2ccccc12. The molecule has 3 aromatic rings. The van der Waals surface area contributed by atoms with Crippen molar-refractivity contribution in [1.29, 1.82) is 0 Å². The molecule has 3 rings (SSSR count). The van der Waals surface area contributed by atoms with Crippen LogP contribution < -0.4 is 5.32 Å². The number of anilines is 1. The smallest absolute Gasteiger partial charge is 0.375 e. The van der Waals surface area contributed by atoms with Gasteiger partial charge in [-0.3, -0.25) is 4.79 Å². The molecule has 1 N–H and O–H groups in total. The second-order valence-corrected chi connectivity index (χ2v) is 6.87. The van der Waals surface area contributed by atoms with Crippen molar-refractivity contribution in [2.75, 3.05) is 18.5 Å². The summed E-state index contributed by atoms with van der Waals surface area (Å²) >= 11 is 11.9. The van der Waals surface area contributed by atoms with Gasteiger partial charge in [0, 0.05) is 17.6 Å². The predicted molar refractivity (Wildman–Crippen MR) is 109 cm³/mol. The van der Waals surface area contributed by atoms with E-state index in [9.17, 15) is 9.59 Å². The quantitative estimate of drug-likeness (QED) is 0.536. The van der Waals surface area contributed by atoms with E-state index in [2.05, 4.69) is 10.3 Å². The second-order valence-electron chi connectivity index (χ2n) is 6.05. The molecule has 29 heavy (non-hydrogen) atoms. The summed E-state index contributed by atoms with van der Waals surface area (Å²) in [5, 5.41) is 3.80. The molecule has 0 fully saturated rings. The van der Waals surface area contributed by atoms with Crippen molar-refractivity contribution in [3.8, 4) is 0 Å². The Labute approximate surface area is 176 Å². The van der Waals surface area contributed by atoms with Gasteiger partial charge in [0.1, 0.15) is 5.58 Å². The van der Waals surface area contributed by atoms with Gasteiger partial charge in [0.2, 0.25) is 5.76 Å². The fourth-order valence-corrected chi connectivity index (χ4v) is 3.03. The van der Waals surface area contributed by atoms with E-state index >= 15 is 0 Å². The number of carbonyl (C=O) groups is 2. The molecule has 152 valence electrons. The maximum absolute atomic E-state index is 12.5. The lowest BCUT2D eigenvalue weighted by Gasteiger charge is -2.09. The van der Waals surface area contributed by atoms with Gasteiger partial charge in [-0.1, -0.05) is 41.4 Å². The van der Waals surface area contributed by atoms with Crippen LogP contribution in [0.1, 0.15) is 28.7 Å². The van der Waals surface area contributed by atoms with Crippen LogP contribution in [0.5, 0.6) is 0 Å². The molecule has 1 amide bonds. The molecule has 0 atom stereocenters. The first-order chi connectivity index (χ1) is 13.9. The third kappa shape index (κ3) is 4.87. The minimum absolute atomic E-state index is 0.00550. The van der Waals surface area contributed by atoms with E-state index in [-0.39, 0.29) is 23.2 Å². The number of aromatic nitrogens is 1. The molecule has 2 heterocycles. The van der Waals surface area contributed by atoms with Crippen molar-refractivity contribution in [1.82, 2.24) is 4.98 Å². The van der Waals surface area contributed by atoms with Crippen molar-refractivity contribution in [2.45, 2.75) is 20.5 Å². The van der Waals surface area contributed by atoms with Gasteiger partial charge in [-0.25, -0.2) is 9.78 Å². The molecule has 7 nitrogen and oxygen atoms in total. The molecule has 0 aliphatic rings. The zero-order valence-electron chi connectivity index (χ0n) is 15.8. The number of pyridine rings is 1. The number of para-hydroxylation sites is 1. The van der Waals surface area contributed by atoms with Gasteiger partial charge < -0.3 is 19.2 Å². The van der Waals surface area contributed by atoms with Gasteiger partial charge in [-0.05, 0) is 26.0 Å². The monoisotopic (exact) mass is 436 g/mol. The summed E-state index contributed by atoms with van der Waals surface area (Å²) in [6.07, 6.45) is 0. The number of furan rings is 1. The van der Waals surface area contributed by atoms with Crippen molar-refractivity contribution >= 4 is 51.9 Å². The number of hydrogen-bond donors (Lipinski definition) is 1. The number of esters is 1. The van der Waals surface area contributed by atoms with Crippen LogP contribution in [-0.4, -0.2) is 30.1 Å². The summed E-state index contributed by atoms with van der Waals surface area (Å²) in [7, 11) is 0. The van der Waals surface area contributed by atoms with Crippen LogP contribution in [0.3, 0.4) is 0 Å². The molecular formula is C20H18Cl2N2O5. The van der Waals surface area contributed by atoms with E-state index in [1.165, 1.54) is 6.07 Å². The van der Waals surface area contributed by atoms with Crippen LogP contribution in [0, 0.1) is 6.92 Å². The first-order valence-electron chi connectivity index (χ1n) is 8.78. The Morgan fingerprint density at radius 1 is 1.21 bits per heavy atom. The number of fused-ring (bicyclic) bond motifs is 1. The molecule has 2 aromatic heterocycles. The van der Waals surface area contributed by atoms with E-state index in [1.54, 1.807) is 19.1 Å². The number of nitrogens with one attached hydrogen (secondary N) is 1. The molecular weight excluding hydrogens is 419 g/mol. The number of aryl methyl sites for hydroxylation is 1. The maximum atomic E-state index is 12.5. The van der Waals surface area contributed by atoms with Crippen LogP contribution in [0.25, 0.3) is 11.0 Å². The fraction of sp³-hybridized carbons (Fsp3) is 0.250. The van der Waals surface area contributed by atoms with Gasteiger partial charge >= 0.3 is 5.97 Å². The van der Waals surface area contributed by atoms with E-state index in [4.69, 9.17) is 37.1 Å². The van der Waals surface area contributed by atoms with E-state index < -0.39 is 18.5 Å². The Balaban J connectivity index is 1.70. The minimum Gasteiger partial charge on any atom is -0.450 e. The molecule has 9 heteroatoms. The Bertz CT molecular complexity index is 1060. The zero-order valence-corrected chi connectivity index (χ0v) is 17.3. The van der Waals surface area contributed by atoms with Gasteiger partial charge in [0.05, 0.1) is 22.3 Å². The average molecular weight is 437 g/mol. The molecule has 1 aromatic carbocycles. The molecule has 0 saturated carbocycles. The Kier molecular flexibility index (Phi) is 6.74. The van der Waals surface area contributed by atoms with Crippen molar-refractivity contribution in [3.05, 3.63) is 57.4 Å². The summed E-state index contributed by atoms with van der Waals surface area (Å²) in [6.45, 7) is 3.65. The van der Waals surface area contributed by atoms with Crippen molar-refractivity contribution in [3.63, 3.8) is 0 Å². The molecule has 0 spiro atoms. The Hall–Kier alpha value is -2.61. The summed E-state index contributed by atoms with van der Waals surface area (Å²) in [6, 6.07) is 8.67. The largest absolute Gasteiger partial charge is 0.450 e. The lowest BCUT2D eigenvalue weighted by atomic mass is 10.1. The lowest BCUT2D eigenvalue weighted by Crippen LogP contribution is -2.22. The number of hydrogen-bond acceptors (Lipinski definition) is 6. The molecule has 0 bridgehead atoms. The zero-order chi connectivity index (χ0) is 21.0. The highest BCUT2D eigenvalue weighted by Gasteiger charge is 2.23. The normalized spacial score (nSPS) is 10.9. The van der Waals surface area contributed by atoms with E-state index in [1.807, 2.05) is 19.1 Å². The Morgan fingerprint density at radius 2 is 1.97 bits per heavy atom. The van der Waals surface area contributed by atoms with Crippen molar-refractivity contribution in [2.24, 2.45) is 0 Å². The first kappa shape index (κ1) is 21.1. The van der Waals surface area contributed by atoms with Gasteiger partial charge in [-0.15, -0.1) is 0 Å². The number of rotatable bonds is 7. The van der Waals surface area contributed by atoms with E-state index in [0.717, 1.165) is 5.39 Å². The number of nitrogens with zero attached hydrogens (tertiary/aromatic N) is 1. The number of benzene rings is 1. The molecule has 0 radical (unpaired) electrons. The number of amides is 1. The average Bonchev–Trinajstić information content (AvgIpc) is 3.07. The highest BCUT2D eigenvalue weighted by atomic mass is 35.5. The molecule has 0 unspecified atom stereocenters. The summed E-state index contributed by atoms with van der Waals surface area (Å²) in [5.74, 6) is -1.23. The molecule has 0 saturated heterocycles. The lowest BCUT2D eigenvalue weighted by molar-refractivity contribution is -0.119. The van der Waals surface area contributed by atoms with Crippen LogP contribution in [-0.2, 0) is 20.9 Å². The van der Waals surface area contributed by atoms with Crippen LogP contribution in [0.2, 0.25) is 10.0 Å². The maximum Gasteiger partial charge on any atom is 0.375 e. The number of ether oxygens (including phenoxy) is 2. The topological polar surface area (TPSA) is 90.7 Å². The van der Waals surface area contributed by atoms with Crippen LogP contribution in [0.15, 0.2) is 34.7 Å². The summed E-state index contributed by atoms with van der Waals surface area (Å²) in [5.41, 5.74) is 1.61. The van der Waals surface area contributed by atoms with Crippen LogP contribution in [0.4, 0.5) is 5.82 Å². The number of carbonyl (C=O) groups excluding carboxylic acids is 2. The van der Waals surface area contributed by atoms with Gasteiger partial charge in [-0.2, -0.15) is 0 Å². The highest BCUT2D eigenvalue weighted by Crippen LogP contribution is 2.28. The fourth-order valence-electron chi connectivity index (χ4n) is 2.62.